The van der Waals surface area contributed by atoms with E-state index in [2.05, 4.69) is 79.9 Å². The molecule has 0 saturated heterocycles. The normalized spacial score (nSPS) is 14.2. The number of likely N-dealkylation sites (N-methyl/N-ethyl adjacent to an activating group) is 1. The van der Waals surface area contributed by atoms with E-state index in [1.54, 1.807) is 6.08 Å². The second kappa shape index (κ2) is 58.6. The van der Waals surface area contributed by atoms with Gasteiger partial charge in [0.1, 0.15) is 13.2 Å². The van der Waals surface area contributed by atoms with Gasteiger partial charge < -0.3 is 19.8 Å². The molecule has 3 N–H and O–H groups in total. The minimum atomic E-state index is -4.36. The number of aliphatic hydroxyl groups is 1. The van der Waals surface area contributed by atoms with E-state index in [0.717, 1.165) is 64.2 Å². The van der Waals surface area contributed by atoms with Gasteiger partial charge >= 0.3 is 7.82 Å². The highest BCUT2D eigenvalue weighted by molar-refractivity contribution is 7.47. The van der Waals surface area contributed by atoms with Gasteiger partial charge in [0.25, 0.3) is 0 Å². The van der Waals surface area contributed by atoms with Crippen molar-refractivity contribution in [3.63, 3.8) is 0 Å². The lowest BCUT2D eigenvalue weighted by Crippen LogP contribution is -2.45. The zero-order valence-corrected chi connectivity index (χ0v) is 52.3. The van der Waals surface area contributed by atoms with Crippen LogP contribution in [0.4, 0.5) is 0 Å². The summed E-state index contributed by atoms with van der Waals surface area (Å²) >= 11 is 0. The highest BCUT2D eigenvalue weighted by Gasteiger charge is 2.27. The van der Waals surface area contributed by atoms with Gasteiger partial charge in [0.15, 0.2) is 0 Å². The minimum Gasteiger partial charge on any atom is -0.387 e. The first-order valence-electron chi connectivity index (χ1n) is 32.8. The number of aliphatic hydroxyl groups excluding tert-OH is 1. The number of carbonyl (C=O) groups excluding carboxylic acids is 1. The molecule has 0 fully saturated rings. The van der Waals surface area contributed by atoms with Crippen LogP contribution in [0.1, 0.15) is 303 Å². The third-order valence-electron chi connectivity index (χ3n) is 14.7. The Bertz CT molecular complexity index is 1480. The molecule has 0 aliphatic carbocycles. The second-order valence-electron chi connectivity index (χ2n) is 23.5. The lowest BCUT2D eigenvalue weighted by atomic mass is 10.0. The monoisotopic (exact) mass is 1100 g/mol. The molecule has 0 rings (SSSR count). The van der Waals surface area contributed by atoms with Crippen molar-refractivity contribution in [2.45, 2.75) is 315 Å². The molecule has 0 spiro atoms. The number of nitrogens with one attached hydrogen (secondary N) is 1. The number of hydrogen-bond donors (Lipinski definition) is 3. The van der Waals surface area contributed by atoms with Crippen molar-refractivity contribution < 1.29 is 32.9 Å². The third kappa shape index (κ3) is 61.4. The van der Waals surface area contributed by atoms with Crippen LogP contribution in [0.15, 0.2) is 72.9 Å². The summed E-state index contributed by atoms with van der Waals surface area (Å²) in [6.07, 6.45) is 81.8. The van der Waals surface area contributed by atoms with Gasteiger partial charge in [0.2, 0.25) is 5.91 Å². The van der Waals surface area contributed by atoms with Gasteiger partial charge in [-0.15, -0.1) is 0 Å². The fraction of sp³-hybridized carbons (Fsp3) is 0.809. The maximum absolute atomic E-state index is 13.0. The summed E-state index contributed by atoms with van der Waals surface area (Å²) < 4.78 is 23.8. The Kier molecular flexibility index (Phi) is 57.0. The lowest BCUT2D eigenvalue weighted by molar-refractivity contribution is -0.870. The molecule has 3 unspecified atom stereocenters. The van der Waals surface area contributed by atoms with Gasteiger partial charge in [0.05, 0.1) is 39.9 Å². The van der Waals surface area contributed by atoms with Crippen molar-refractivity contribution >= 4 is 13.7 Å². The summed E-state index contributed by atoms with van der Waals surface area (Å²) in [4.78, 5) is 23.4. The van der Waals surface area contributed by atoms with Crippen LogP contribution in [-0.2, 0) is 18.4 Å². The molecule has 0 aromatic rings. The number of allylic oxidation sites excluding steroid dienone is 11. The Labute approximate surface area is 478 Å². The summed E-state index contributed by atoms with van der Waals surface area (Å²) in [5.74, 6) is -0.184. The average Bonchev–Trinajstić information content (AvgIpc) is 3.39. The molecule has 9 heteroatoms. The number of unbranched alkanes of at least 4 members (excludes halogenated alkanes) is 37. The Morgan fingerprint density at radius 1 is 0.455 bits per heavy atom. The van der Waals surface area contributed by atoms with Gasteiger partial charge in [-0.3, -0.25) is 13.8 Å². The van der Waals surface area contributed by atoms with Crippen molar-refractivity contribution in [1.29, 1.82) is 0 Å². The SMILES string of the molecule is CC/C=C\C/C=C\C/C=C\C/C=C\CCCCCCCCCCCCCCCCCCCCC(=O)NC(COP(=O)(O)OCC[N+](C)(C)C)C(O)/C=C/CC/C=C/CCCCCCCCCCCCCCCCCCCC. The second-order valence-corrected chi connectivity index (χ2v) is 24.9. The maximum Gasteiger partial charge on any atom is 0.472 e. The van der Waals surface area contributed by atoms with E-state index in [-0.39, 0.29) is 19.1 Å². The van der Waals surface area contributed by atoms with Crippen molar-refractivity contribution in [2.24, 2.45) is 0 Å². The van der Waals surface area contributed by atoms with E-state index < -0.39 is 20.0 Å². The highest BCUT2D eigenvalue weighted by atomic mass is 31.2. The molecule has 450 valence electrons. The predicted molar refractivity (Wildman–Crippen MR) is 337 cm³/mol. The smallest absolute Gasteiger partial charge is 0.387 e. The first-order chi connectivity index (χ1) is 37.5. The summed E-state index contributed by atoms with van der Waals surface area (Å²) in [7, 11) is 1.56. The quantitative estimate of drug-likeness (QED) is 0.0243. The van der Waals surface area contributed by atoms with E-state index in [4.69, 9.17) is 9.05 Å². The molecular weight excluding hydrogens is 972 g/mol. The van der Waals surface area contributed by atoms with Crippen molar-refractivity contribution in [3.8, 4) is 0 Å². The molecule has 0 aromatic heterocycles. The van der Waals surface area contributed by atoms with Crippen LogP contribution in [0, 0.1) is 0 Å². The van der Waals surface area contributed by atoms with Gasteiger partial charge in [-0.1, -0.05) is 299 Å². The Balaban J connectivity index is 4.12. The number of phosphoric ester groups is 1. The zero-order chi connectivity index (χ0) is 56.3. The molecule has 1 amide bonds. The van der Waals surface area contributed by atoms with E-state index in [9.17, 15) is 19.4 Å². The fourth-order valence-electron chi connectivity index (χ4n) is 9.58. The summed E-state index contributed by atoms with van der Waals surface area (Å²) in [6, 6.07) is -0.866. The van der Waals surface area contributed by atoms with Gasteiger partial charge in [0, 0.05) is 6.42 Å². The summed E-state index contributed by atoms with van der Waals surface area (Å²) in [5, 5.41) is 14.0. The number of amides is 1. The van der Waals surface area contributed by atoms with E-state index in [1.165, 1.54) is 218 Å². The first kappa shape index (κ1) is 74.9. The number of nitrogens with zero attached hydrogens (tertiary/aromatic N) is 1. The molecule has 0 aromatic carbocycles. The standard InChI is InChI=1S/C68H127N2O6P/c1-6-8-10-12-14-16-18-20-22-24-26-28-30-32-33-34-35-36-37-38-40-42-44-46-48-50-52-54-56-58-60-62-68(72)69-66(65-76-77(73,74)75-64-63-70(3,4)5)67(71)61-59-57-55-53-51-49-47-45-43-41-39-31-29-27-25-23-21-19-17-15-13-11-9-7-2/h8,10,14,16,20,22,26,28,51,53,59,61,66-67,71H,6-7,9,11-13,15,17-19,21,23-25,27,29-50,52,54-58,60,62-65H2,1-5H3,(H-,69,72,73,74)/p+1/b10-8-,16-14-,22-20-,28-26-,53-51+,61-59+. The van der Waals surface area contributed by atoms with E-state index in [1.807, 2.05) is 27.2 Å². The number of rotatable bonds is 60. The highest BCUT2D eigenvalue weighted by Crippen LogP contribution is 2.43. The van der Waals surface area contributed by atoms with Gasteiger partial charge in [-0.05, 0) is 70.6 Å². The number of quaternary nitrogens is 1. The molecule has 0 saturated carbocycles. The molecular formula is C68H128N2O6P+. The van der Waals surface area contributed by atoms with E-state index in [0.29, 0.717) is 17.4 Å². The Hall–Kier alpha value is -2.06. The average molecular weight is 1100 g/mol. The molecule has 77 heavy (non-hydrogen) atoms. The van der Waals surface area contributed by atoms with Crippen LogP contribution in [0.3, 0.4) is 0 Å². The van der Waals surface area contributed by atoms with Crippen molar-refractivity contribution in [3.05, 3.63) is 72.9 Å². The first-order valence-corrected chi connectivity index (χ1v) is 34.3. The molecule has 0 heterocycles. The van der Waals surface area contributed by atoms with Crippen LogP contribution >= 0.6 is 7.82 Å². The summed E-state index contributed by atoms with van der Waals surface area (Å²) in [6.45, 7) is 4.72. The van der Waals surface area contributed by atoms with E-state index >= 15 is 0 Å². The Morgan fingerprint density at radius 2 is 0.792 bits per heavy atom. The van der Waals surface area contributed by atoms with Crippen LogP contribution in [0.25, 0.3) is 0 Å². The summed E-state index contributed by atoms with van der Waals surface area (Å²) in [5.41, 5.74) is 0. The molecule has 8 nitrogen and oxygen atoms in total. The van der Waals surface area contributed by atoms with Crippen molar-refractivity contribution in [1.82, 2.24) is 5.32 Å². The minimum absolute atomic E-state index is 0.0555. The molecule has 3 atom stereocenters. The third-order valence-corrected chi connectivity index (χ3v) is 15.6. The number of carbonyl (C=O) groups is 1. The van der Waals surface area contributed by atoms with Gasteiger partial charge in [-0.2, -0.15) is 0 Å². The van der Waals surface area contributed by atoms with Crippen LogP contribution < -0.4 is 5.32 Å². The van der Waals surface area contributed by atoms with Crippen LogP contribution in [0.2, 0.25) is 0 Å². The predicted octanol–water partition coefficient (Wildman–Crippen LogP) is 20.6. The zero-order valence-electron chi connectivity index (χ0n) is 51.4. The number of hydrogen-bond acceptors (Lipinski definition) is 5. The maximum atomic E-state index is 13.0. The van der Waals surface area contributed by atoms with Crippen LogP contribution in [-0.4, -0.2) is 73.4 Å². The lowest BCUT2D eigenvalue weighted by Gasteiger charge is -2.25. The molecule has 0 bridgehead atoms. The van der Waals surface area contributed by atoms with Crippen molar-refractivity contribution in [2.75, 3.05) is 40.9 Å². The largest absolute Gasteiger partial charge is 0.472 e. The fourth-order valence-corrected chi connectivity index (χ4v) is 10.3. The van der Waals surface area contributed by atoms with Crippen LogP contribution in [0.5, 0.6) is 0 Å². The molecule has 0 aliphatic rings. The molecule has 0 aliphatic heterocycles. The van der Waals surface area contributed by atoms with Gasteiger partial charge in [-0.25, -0.2) is 4.57 Å². The topological polar surface area (TPSA) is 105 Å². The number of phosphoric acid groups is 1. The Morgan fingerprint density at radius 3 is 1.19 bits per heavy atom. The molecule has 0 radical (unpaired) electrons.